The zero-order valence-corrected chi connectivity index (χ0v) is 9.60. The number of hydrogen-bond acceptors (Lipinski definition) is 3. The van der Waals surface area contributed by atoms with Crippen molar-refractivity contribution < 1.29 is 4.39 Å². The number of nitrogens with zero attached hydrogens (tertiary/aromatic N) is 2. The first kappa shape index (κ1) is 11.7. The van der Waals surface area contributed by atoms with E-state index >= 15 is 0 Å². The maximum atomic E-state index is 13.0. The first-order valence-corrected chi connectivity index (χ1v) is 5.50. The first-order valence-electron chi connectivity index (χ1n) is 5.50. The van der Waals surface area contributed by atoms with Gasteiger partial charge in [-0.3, -0.25) is 0 Å². The molecule has 0 aliphatic heterocycles. The fourth-order valence-electron chi connectivity index (χ4n) is 1.56. The average molecular weight is 231 g/mol. The number of benzene rings is 1. The van der Waals surface area contributed by atoms with Gasteiger partial charge in [-0.15, -0.1) is 0 Å². The summed E-state index contributed by atoms with van der Waals surface area (Å²) >= 11 is 0. The molecule has 0 unspecified atom stereocenters. The van der Waals surface area contributed by atoms with Crippen molar-refractivity contribution in [3.8, 4) is 0 Å². The van der Waals surface area contributed by atoms with Gasteiger partial charge in [0.05, 0.1) is 6.54 Å². The Morgan fingerprint density at radius 1 is 1.24 bits per heavy atom. The standard InChI is InChI=1S/C13H14FN3/c1-10(11-4-2-5-12(14)8-11)17-9-13-15-6-3-7-16-13/h2-8,10,17H,9H2,1H3/t10-/m0/s1. The highest BCUT2D eigenvalue weighted by molar-refractivity contribution is 5.19. The van der Waals surface area contributed by atoms with Crippen LogP contribution in [0.1, 0.15) is 24.4 Å². The molecule has 0 bridgehead atoms. The van der Waals surface area contributed by atoms with E-state index < -0.39 is 0 Å². The van der Waals surface area contributed by atoms with E-state index in [2.05, 4.69) is 15.3 Å². The van der Waals surface area contributed by atoms with Gasteiger partial charge >= 0.3 is 0 Å². The average Bonchev–Trinajstić information content (AvgIpc) is 2.37. The maximum Gasteiger partial charge on any atom is 0.141 e. The Labute approximate surface area is 99.7 Å². The highest BCUT2D eigenvalue weighted by Crippen LogP contribution is 2.13. The summed E-state index contributed by atoms with van der Waals surface area (Å²) in [4.78, 5) is 8.23. The predicted octanol–water partition coefficient (Wildman–Crippen LogP) is 2.47. The largest absolute Gasteiger partial charge is 0.303 e. The van der Waals surface area contributed by atoms with Crippen LogP contribution in [0.15, 0.2) is 42.7 Å². The van der Waals surface area contributed by atoms with Gasteiger partial charge in [0, 0.05) is 18.4 Å². The second-order valence-electron chi connectivity index (χ2n) is 3.82. The van der Waals surface area contributed by atoms with Crippen molar-refractivity contribution in [2.75, 3.05) is 0 Å². The van der Waals surface area contributed by atoms with Crippen LogP contribution in [-0.4, -0.2) is 9.97 Å². The van der Waals surface area contributed by atoms with Gasteiger partial charge in [-0.1, -0.05) is 12.1 Å². The zero-order chi connectivity index (χ0) is 12.1. The molecule has 2 rings (SSSR count). The van der Waals surface area contributed by atoms with Crippen LogP contribution in [0.25, 0.3) is 0 Å². The van der Waals surface area contributed by atoms with E-state index in [4.69, 9.17) is 0 Å². The van der Waals surface area contributed by atoms with Gasteiger partial charge < -0.3 is 5.32 Å². The van der Waals surface area contributed by atoms with Gasteiger partial charge in [-0.25, -0.2) is 14.4 Å². The van der Waals surface area contributed by atoms with Crippen LogP contribution in [0.5, 0.6) is 0 Å². The van der Waals surface area contributed by atoms with Crippen LogP contribution in [0, 0.1) is 5.82 Å². The summed E-state index contributed by atoms with van der Waals surface area (Å²) in [5.74, 6) is 0.517. The van der Waals surface area contributed by atoms with Crippen molar-refractivity contribution in [3.05, 3.63) is 59.9 Å². The predicted molar refractivity (Wildman–Crippen MR) is 63.7 cm³/mol. The number of halogens is 1. The number of nitrogens with one attached hydrogen (secondary N) is 1. The summed E-state index contributed by atoms with van der Waals surface area (Å²) in [6, 6.07) is 8.42. The Morgan fingerprint density at radius 3 is 2.71 bits per heavy atom. The molecule has 4 heteroatoms. The topological polar surface area (TPSA) is 37.8 Å². The molecule has 0 radical (unpaired) electrons. The first-order chi connectivity index (χ1) is 8.25. The van der Waals surface area contributed by atoms with Crippen LogP contribution in [-0.2, 0) is 6.54 Å². The third-order valence-electron chi connectivity index (χ3n) is 2.53. The summed E-state index contributed by atoms with van der Waals surface area (Å²) in [5.41, 5.74) is 0.918. The third-order valence-corrected chi connectivity index (χ3v) is 2.53. The van der Waals surface area contributed by atoms with Crippen LogP contribution < -0.4 is 5.32 Å². The zero-order valence-electron chi connectivity index (χ0n) is 9.60. The van der Waals surface area contributed by atoms with E-state index in [0.29, 0.717) is 6.54 Å². The minimum absolute atomic E-state index is 0.0644. The number of hydrogen-bond donors (Lipinski definition) is 1. The SMILES string of the molecule is C[C@H](NCc1ncccn1)c1cccc(F)c1. The minimum Gasteiger partial charge on any atom is -0.303 e. The Morgan fingerprint density at radius 2 is 2.00 bits per heavy atom. The fraction of sp³-hybridized carbons (Fsp3) is 0.231. The van der Waals surface area contributed by atoms with E-state index in [1.165, 1.54) is 12.1 Å². The maximum absolute atomic E-state index is 13.0. The molecule has 0 saturated carbocycles. The normalized spacial score (nSPS) is 12.4. The molecular weight excluding hydrogens is 217 g/mol. The molecule has 0 amide bonds. The van der Waals surface area contributed by atoms with Gasteiger partial charge in [-0.05, 0) is 30.7 Å². The third kappa shape index (κ3) is 3.32. The van der Waals surface area contributed by atoms with Gasteiger partial charge in [0.25, 0.3) is 0 Å². The Hall–Kier alpha value is -1.81. The lowest BCUT2D eigenvalue weighted by molar-refractivity contribution is 0.552. The summed E-state index contributed by atoms with van der Waals surface area (Å²) in [6.07, 6.45) is 3.41. The molecule has 1 N–H and O–H groups in total. The lowest BCUT2D eigenvalue weighted by Crippen LogP contribution is -2.19. The monoisotopic (exact) mass is 231 g/mol. The van der Waals surface area contributed by atoms with E-state index in [1.54, 1.807) is 24.5 Å². The van der Waals surface area contributed by atoms with Crippen molar-refractivity contribution in [1.82, 2.24) is 15.3 Å². The second kappa shape index (κ2) is 5.50. The molecule has 0 aliphatic rings. The van der Waals surface area contributed by atoms with Gasteiger partial charge in [-0.2, -0.15) is 0 Å². The molecular formula is C13H14FN3. The Bertz CT molecular complexity index is 473. The van der Waals surface area contributed by atoms with Crippen molar-refractivity contribution in [2.24, 2.45) is 0 Å². The minimum atomic E-state index is -0.216. The van der Waals surface area contributed by atoms with Crippen molar-refractivity contribution in [2.45, 2.75) is 19.5 Å². The highest BCUT2D eigenvalue weighted by atomic mass is 19.1. The molecule has 1 aromatic carbocycles. The highest BCUT2D eigenvalue weighted by Gasteiger charge is 2.06. The van der Waals surface area contributed by atoms with Crippen LogP contribution in [0.4, 0.5) is 4.39 Å². The molecule has 1 aromatic heterocycles. The van der Waals surface area contributed by atoms with Crippen molar-refractivity contribution >= 4 is 0 Å². The fourth-order valence-corrected chi connectivity index (χ4v) is 1.56. The summed E-state index contributed by atoms with van der Waals surface area (Å²) in [6.45, 7) is 2.55. The summed E-state index contributed by atoms with van der Waals surface area (Å²) in [5, 5.41) is 3.25. The lowest BCUT2D eigenvalue weighted by Gasteiger charge is -2.13. The van der Waals surface area contributed by atoms with E-state index in [9.17, 15) is 4.39 Å². The van der Waals surface area contributed by atoms with Crippen LogP contribution in [0.3, 0.4) is 0 Å². The van der Waals surface area contributed by atoms with Crippen LogP contribution >= 0.6 is 0 Å². The number of aromatic nitrogens is 2. The van der Waals surface area contributed by atoms with Crippen molar-refractivity contribution in [3.63, 3.8) is 0 Å². The van der Waals surface area contributed by atoms with Gasteiger partial charge in [0.15, 0.2) is 0 Å². The van der Waals surface area contributed by atoms with Crippen molar-refractivity contribution in [1.29, 1.82) is 0 Å². The van der Waals surface area contributed by atoms with Gasteiger partial charge in [0.1, 0.15) is 11.6 Å². The Balaban J connectivity index is 1.96. The molecule has 1 heterocycles. The lowest BCUT2D eigenvalue weighted by atomic mass is 10.1. The molecule has 0 saturated heterocycles. The Kier molecular flexibility index (Phi) is 3.77. The molecule has 88 valence electrons. The second-order valence-corrected chi connectivity index (χ2v) is 3.82. The quantitative estimate of drug-likeness (QED) is 0.878. The molecule has 0 fully saturated rings. The summed E-state index contributed by atoms with van der Waals surface area (Å²) < 4.78 is 13.0. The van der Waals surface area contributed by atoms with E-state index in [0.717, 1.165) is 11.4 Å². The summed E-state index contributed by atoms with van der Waals surface area (Å²) in [7, 11) is 0. The molecule has 1 atom stereocenters. The smallest absolute Gasteiger partial charge is 0.141 e. The molecule has 0 aliphatic carbocycles. The molecule has 2 aromatic rings. The number of rotatable bonds is 4. The van der Waals surface area contributed by atoms with E-state index in [-0.39, 0.29) is 11.9 Å². The molecule has 3 nitrogen and oxygen atoms in total. The van der Waals surface area contributed by atoms with Gasteiger partial charge in [0.2, 0.25) is 0 Å². The molecule has 0 spiro atoms. The molecule has 17 heavy (non-hydrogen) atoms. The van der Waals surface area contributed by atoms with Crippen LogP contribution in [0.2, 0.25) is 0 Å². The van der Waals surface area contributed by atoms with E-state index in [1.807, 2.05) is 13.0 Å².